The highest BCUT2D eigenvalue weighted by molar-refractivity contribution is 6.05. The topological polar surface area (TPSA) is 100 Å². The zero-order valence-corrected chi connectivity index (χ0v) is 15.1. The van der Waals surface area contributed by atoms with Crippen molar-refractivity contribution in [3.63, 3.8) is 0 Å². The number of aliphatic hydroxyl groups excluding tert-OH is 1. The summed E-state index contributed by atoms with van der Waals surface area (Å²) in [5.41, 5.74) is 0. The molecular formula is C19H25NO6. The molecule has 1 aromatic rings. The Morgan fingerprint density at radius 2 is 2.04 bits per heavy atom. The van der Waals surface area contributed by atoms with Crippen molar-refractivity contribution in [2.24, 2.45) is 23.7 Å². The number of furan rings is 1. The van der Waals surface area contributed by atoms with E-state index in [1.165, 1.54) is 11.9 Å². The van der Waals surface area contributed by atoms with E-state index in [2.05, 4.69) is 0 Å². The molecule has 4 rings (SSSR count). The number of carbonyl (C=O) groups excluding carboxylic acids is 2. The molecule has 26 heavy (non-hydrogen) atoms. The highest BCUT2D eigenvalue weighted by Crippen LogP contribution is 2.58. The maximum Gasteiger partial charge on any atom is 0.233 e. The van der Waals surface area contributed by atoms with Crippen LogP contribution in [0, 0.1) is 23.7 Å². The summed E-state index contributed by atoms with van der Waals surface area (Å²) < 4.78 is 11.7. The lowest BCUT2D eigenvalue weighted by Crippen LogP contribution is -2.53. The van der Waals surface area contributed by atoms with E-state index in [0.29, 0.717) is 24.4 Å². The summed E-state index contributed by atoms with van der Waals surface area (Å²) in [5.74, 6) is -2.38. The van der Waals surface area contributed by atoms with Crippen LogP contribution in [-0.4, -0.2) is 39.8 Å². The van der Waals surface area contributed by atoms with Gasteiger partial charge in [0.2, 0.25) is 11.8 Å². The monoisotopic (exact) mass is 363 g/mol. The maximum atomic E-state index is 12.7. The molecule has 0 radical (unpaired) electrons. The van der Waals surface area contributed by atoms with E-state index in [1.807, 2.05) is 6.92 Å². The van der Waals surface area contributed by atoms with Gasteiger partial charge >= 0.3 is 0 Å². The number of ether oxygens (including phenoxy) is 1. The maximum absolute atomic E-state index is 12.7. The summed E-state index contributed by atoms with van der Waals surface area (Å²) in [7, 11) is 1.52. The summed E-state index contributed by atoms with van der Waals surface area (Å²) in [6.07, 6.45) is 1.99. The standard InChI is InChI=1S/C19H25NO6/c1-3-4-10-7-12-16(18(23)20(2)17(12)22)13-8-15(26-19(10,13)24)14-6-5-11(9-21)25-14/h5-6,10,12-13,15-16,21,24H,3-4,7-9H2,1-2H3/t10-,12-,13-,15-,16-,19+/m0/s1. The van der Waals surface area contributed by atoms with Crippen molar-refractivity contribution in [2.45, 2.75) is 51.1 Å². The first-order valence-electron chi connectivity index (χ1n) is 9.31. The van der Waals surface area contributed by atoms with Crippen molar-refractivity contribution in [3.8, 4) is 0 Å². The molecule has 142 valence electrons. The van der Waals surface area contributed by atoms with Crippen LogP contribution in [0.25, 0.3) is 0 Å². The van der Waals surface area contributed by atoms with Gasteiger partial charge in [-0.25, -0.2) is 0 Å². The Bertz CT molecular complexity index is 729. The minimum Gasteiger partial charge on any atom is -0.461 e. The molecular weight excluding hydrogens is 338 g/mol. The van der Waals surface area contributed by atoms with Crippen LogP contribution >= 0.6 is 0 Å². The Labute approximate surface area is 151 Å². The van der Waals surface area contributed by atoms with Gasteiger partial charge < -0.3 is 19.4 Å². The van der Waals surface area contributed by atoms with Crippen molar-refractivity contribution in [1.29, 1.82) is 0 Å². The highest BCUT2D eigenvalue weighted by atomic mass is 16.6. The van der Waals surface area contributed by atoms with Gasteiger partial charge in [-0.2, -0.15) is 0 Å². The minimum absolute atomic E-state index is 0.146. The first-order valence-corrected chi connectivity index (χ1v) is 9.31. The van der Waals surface area contributed by atoms with Crippen LogP contribution in [0.4, 0.5) is 0 Å². The fourth-order valence-electron chi connectivity index (χ4n) is 5.15. The Hall–Kier alpha value is -1.70. The number of hydrogen-bond donors (Lipinski definition) is 2. The quantitative estimate of drug-likeness (QED) is 0.788. The third-order valence-corrected chi connectivity index (χ3v) is 6.38. The number of nitrogens with zero attached hydrogens (tertiary/aromatic N) is 1. The van der Waals surface area contributed by atoms with Crippen LogP contribution in [0.2, 0.25) is 0 Å². The van der Waals surface area contributed by atoms with Gasteiger partial charge in [-0.3, -0.25) is 14.5 Å². The van der Waals surface area contributed by atoms with Crippen LogP contribution in [-0.2, 0) is 20.9 Å². The van der Waals surface area contributed by atoms with Crippen LogP contribution in [0.5, 0.6) is 0 Å². The SMILES string of the molecule is CCC[C@H]1C[C@@H]2C(=O)N(C)C(=O)[C@@H]2[C@@H]2C[C@@H](c3ccc(CO)o3)O[C@]12O. The van der Waals surface area contributed by atoms with E-state index in [9.17, 15) is 19.8 Å². The van der Waals surface area contributed by atoms with Crippen molar-refractivity contribution in [3.05, 3.63) is 23.7 Å². The largest absolute Gasteiger partial charge is 0.461 e. The Kier molecular flexibility index (Phi) is 4.21. The van der Waals surface area contributed by atoms with Crippen LogP contribution < -0.4 is 0 Å². The molecule has 0 bridgehead atoms. The Morgan fingerprint density at radius 3 is 2.69 bits per heavy atom. The summed E-state index contributed by atoms with van der Waals surface area (Å²) >= 11 is 0. The van der Waals surface area contributed by atoms with Crippen molar-refractivity contribution in [1.82, 2.24) is 4.90 Å². The van der Waals surface area contributed by atoms with E-state index < -0.39 is 23.7 Å². The number of amides is 2. The molecule has 6 atom stereocenters. The average molecular weight is 363 g/mol. The molecule has 3 heterocycles. The molecule has 0 unspecified atom stereocenters. The van der Waals surface area contributed by atoms with Crippen molar-refractivity contribution < 1.29 is 29.0 Å². The number of imide groups is 1. The lowest BCUT2D eigenvalue weighted by atomic mass is 9.63. The molecule has 7 nitrogen and oxygen atoms in total. The number of carbonyl (C=O) groups is 2. The number of rotatable bonds is 4. The second-order valence-corrected chi connectivity index (χ2v) is 7.75. The Morgan fingerprint density at radius 1 is 1.27 bits per heavy atom. The molecule has 2 amide bonds. The number of fused-ring (bicyclic) bond motifs is 3. The molecule has 7 heteroatoms. The van der Waals surface area contributed by atoms with Crippen LogP contribution in [0.1, 0.15) is 50.2 Å². The lowest BCUT2D eigenvalue weighted by Gasteiger charge is -2.44. The molecule has 1 aromatic heterocycles. The summed E-state index contributed by atoms with van der Waals surface area (Å²) in [5, 5.41) is 20.6. The predicted octanol–water partition coefficient (Wildman–Crippen LogP) is 1.59. The molecule has 2 aliphatic heterocycles. The molecule has 1 aliphatic carbocycles. The zero-order chi connectivity index (χ0) is 18.6. The van der Waals surface area contributed by atoms with E-state index in [1.54, 1.807) is 12.1 Å². The van der Waals surface area contributed by atoms with Gasteiger partial charge in [0.25, 0.3) is 0 Å². The molecule has 2 saturated heterocycles. The molecule has 3 aliphatic rings. The third-order valence-electron chi connectivity index (χ3n) is 6.38. The van der Waals surface area contributed by atoms with Gasteiger partial charge in [0.15, 0.2) is 5.79 Å². The summed E-state index contributed by atoms with van der Waals surface area (Å²) in [6.45, 7) is 1.83. The van der Waals surface area contributed by atoms with E-state index in [0.717, 1.165) is 12.8 Å². The summed E-state index contributed by atoms with van der Waals surface area (Å²) in [4.78, 5) is 26.4. The highest BCUT2D eigenvalue weighted by Gasteiger charge is 2.66. The molecule has 0 aromatic carbocycles. The Balaban J connectivity index is 1.69. The zero-order valence-electron chi connectivity index (χ0n) is 15.1. The fraction of sp³-hybridized carbons (Fsp3) is 0.684. The van der Waals surface area contributed by atoms with Crippen LogP contribution in [0.15, 0.2) is 16.5 Å². The molecule has 3 fully saturated rings. The second-order valence-electron chi connectivity index (χ2n) is 7.75. The molecule has 0 spiro atoms. The average Bonchev–Trinajstić information content (AvgIpc) is 3.28. The lowest BCUT2D eigenvalue weighted by molar-refractivity contribution is -0.271. The van der Waals surface area contributed by atoms with Gasteiger partial charge in [-0.05, 0) is 31.4 Å². The van der Waals surface area contributed by atoms with E-state index >= 15 is 0 Å². The van der Waals surface area contributed by atoms with Gasteiger partial charge in [-0.15, -0.1) is 0 Å². The number of aliphatic hydroxyl groups is 2. The van der Waals surface area contributed by atoms with Crippen molar-refractivity contribution >= 4 is 11.8 Å². The predicted molar refractivity (Wildman–Crippen MR) is 89.3 cm³/mol. The van der Waals surface area contributed by atoms with Gasteiger partial charge in [0, 0.05) is 18.9 Å². The fourth-order valence-corrected chi connectivity index (χ4v) is 5.15. The van der Waals surface area contributed by atoms with Gasteiger partial charge in [-0.1, -0.05) is 13.3 Å². The number of hydrogen-bond acceptors (Lipinski definition) is 6. The van der Waals surface area contributed by atoms with Crippen LogP contribution in [0.3, 0.4) is 0 Å². The van der Waals surface area contributed by atoms with Crippen molar-refractivity contribution in [2.75, 3.05) is 7.05 Å². The summed E-state index contributed by atoms with van der Waals surface area (Å²) in [6, 6.07) is 3.41. The molecule has 2 N–H and O–H groups in total. The van der Waals surface area contributed by atoms with E-state index in [-0.39, 0.29) is 30.3 Å². The first kappa shape index (κ1) is 17.7. The smallest absolute Gasteiger partial charge is 0.233 e. The molecule has 1 saturated carbocycles. The van der Waals surface area contributed by atoms with Gasteiger partial charge in [0.05, 0.1) is 11.8 Å². The second kappa shape index (κ2) is 6.18. The normalized spacial score (nSPS) is 39.4. The minimum atomic E-state index is -1.44. The van der Waals surface area contributed by atoms with Gasteiger partial charge in [0.1, 0.15) is 24.2 Å². The third kappa shape index (κ3) is 2.37. The first-order chi connectivity index (χ1) is 12.4. The van der Waals surface area contributed by atoms with E-state index in [4.69, 9.17) is 9.15 Å². The number of likely N-dealkylation sites (tertiary alicyclic amines) is 1.